The lowest BCUT2D eigenvalue weighted by Crippen LogP contribution is -2.12. The molecular weight excluding hydrogens is 180 g/mol. The van der Waals surface area contributed by atoms with E-state index in [4.69, 9.17) is 5.11 Å². The van der Waals surface area contributed by atoms with Crippen LogP contribution in [0.15, 0.2) is 0 Å². The molecule has 78 valence electrons. The number of hydrogen-bond donors (Lipinski definition) is 1. The summed E-state index contributed by atoms with van der Waals surface area (Å²) in [5.74, 6) is -1.20. The van der Waals surface area contributed by atoms with Crippen molar-refractivity contribution in [1.82, 2.24) is 9.78 Å². The smallest absolute Gasteiger partial charge is 0.311 e. The summed E-state index contributed by atoms with van der Waals surface area (Å²) in [7, 11) is 1.83. The molecule has 14 heavy (non-hydrogen) atoms. The fourth-order valence-electron chi connectivity index (χ4n) is 1.80. The van der Waals surface area contributed by atoms with E-state index < -0.39 is 11.9 Å². The van der Waals surface area contributed by atoms with Gasteiger partial charge in [-0.15, -0.1) is 0 Å². The van der Waals surface area contributed by atoms with Crippen LogP contribution in [0.1, 0.15) is 36.2 Å². The van der Waals surface area contributed by atoms with Crippen molar-refractivity contribution in [3.63, 3.8) is 0 Å². The first-order valence-electron chi connectivity index (χ1n) is 4.71. The second kappa shape index (κ2) is 3.82. The van der Waals surface area contributed by atoms with E-state index in [9.17, 15) is 4.79 Å². The second-order valence-corrected chi connectivity index (χ2v) is 3.51. The van der Waals surface area contributed by atoms with Gasteiger partial charge in [0.15, 0.2) is 0 Å². The van der Waals surface area contributed by atoms with Gasteiger partial charge in [0.05, 0.1) is 11.6 Å². The highest BCUT2D eigenvalue weighted by Crippen LogP contribution is 2.25. The molecule has 0 saturated carbocycles. The predicted molar refractivity (Wildman–Crippen MR) is 53.3 cm³/mol. The molecule has 0 aliphatic rings. The maximum absolute atomic E-state index is 11.0. The van der Waals surface area contributed by atoms with Gasteiger partial charge in [0.2, 0.25) is 0 Å². The van der Waals surface area contributed by atoms with Crippen molar-refractivity contribution in [2.45, 2.75) is 33.1 Å². The van der Waals surface area contributed by atoms with E-state index in [2.05, 4.69) is 5.10 Å². The Labute approximate surface area is 83.5 Å². The number of hydrogen-bond acceptors (Lipinski definition) is 2. The normalized spacial score (nSPS) is 12.9. The Bertz CT molecular complexity index is 355. The van der Waals surface area contributed by atoms with Crippen LogP contribution in [0.3, 0.4) is 0 Å². The number of nitrogens with zero attached hydrogens (tertiary/aromatic N) is 2. The summed E-state index contributed by atoms with van der Waals surface area (Å²) in [5.41, 5.74) is 2.62. The van der Waals surface area contributed by atoms with Crippen molar-refractivity contribution in [2.75, 3.05) is 0 Å². The Balaban J connectivity index is 3.22. The molecule has 1 rings (SSSR count). The molecule has 1 atom stereocenters. The number of rotatable bonds is 3. The molecule has 1 aromatic rings. The summed E-state index contributed by atoms with van der Waals surface area (Å²) in [6, 6.07) is 0. The molecule has 0 spiro atoms. The van der Waals surface area contributed by atoms with Gasteiger partial charge >= 0.3 is 5.97 Å². The van der Waals surface area contributed by atoms with Gasteiger partial charge in [-0.05, 0) is 20.3 Å². The average Bonchev–Trinajstić information content (AvgIpc) is 2.32. The number of carboxylic acid groups (broad SMARTS) is 1. The van der Waals surface area contributed by atoms with E-state index in [0.717, 1.165) is 17.0 Å². The zero-order valence-electron chi connectivity index (χ0n) is 9.03. The molecule has 0 aliphatic heterocycles. The van der Waals surface area contributed by atoms with E-state index in [0.29, 0.717) is 6.42 Å². The zero-order valence-corrected chi connectivity index (χ0v) is 9.03. The molecule has 0 bridgehead atoms. The first-order chi connectivity index (χ1) is 6.49. The van der Waals surface area contributed by atoms with Crippen LogP contribution in [0.5, 0.6) is 0 Å². The van der Waals surface area contributed by atoms with Gasteiger partial charge in [0, 0.05) is 18.3 Å². The summed E-state index contributed by atoms with van der Waals surface area (Å²) in [6.45, 7) is 5.64. The Kier molecular flexibility index (Phi) is 2.93. The van der Waals surface area contributed by atoms with Crippen LogP contribution in [-0.4, -0.2) is 20.9 Å². The van der Waals surface area contributed by atoms with Gasteiger partial charge in [-0.3, -0.25) is 9.48 Å². The van der Waals surface area contributed by atoms with Crippen LogP contribution in [0.2, 0.25) is 0 Å². The highest BCUT2D eigenvalue weighted by atomic mass is 16.4. The minimum atomic E-state index is -0.772. The predicted octanol–water partition coefficient (Wildman–Crippen LogP) is 1.62. The third-order valence-corrected chi connectivity index (χ3v) is 2.62. The Morgan fingerprint density at radius 3 is 2.43 bits per heavy atom. The van der Waals surface area contributed by atoms with Gasteiger partial charge < -0.3 is 5.11 Å². The highest BCUT2D eigenvalue weighted by molar-refractivity contribution is 5.76. The molecule has 1 unspecified atom stereocenters. The van der Waals surface area contributed by atoms with E-state index in [-0.39, 0.29) is 0 Å². The average molecular weight is 196 g/mol. The number of aliphatic carboxylic acids is 1. The van der Waals surface area contributed by atoms with Gasteiger partial charge in [0.1, 0.15) is 0 Å². The largest absolute Gasteiger partial charge is 0.481 e. The third-order valence-electron chi connectivity index (χ3n) is 2.62. The molecular formula is C10H16N2O2. The van der Waals surface area contributed by atoms with Crippen LogP contribution in [0, 0.1) is 13.8 Å². The molecule has 1 N–H and O–H groups in total. The van der Waals surface area contributed by atoms with Crippen molar-refractivity contribution >= 4 is 5.97 Å². The van der Waals surface area contributed by atoms with E-state index in [1.54, 1.807) is 4.68 Å². The van der Waals surface area contributed by atoms with Gasteiger partial charge in [-0.2, -0.15) is 5.10 Å². The molecule has 1 heterocycles. The maximum Gasteiger partial charge on any atom is 0.311 e. The SMILES string of the molecule is CCC(C(=O)O)c1c(C)nn(C)c1C. The molecule has 0 aromatic carbocycles. The minimum absolute atomic E-state index is 0.427. The first kappa shape index (κ1) is 10.8. The Morgan fingerprint density at radius 2 is 2.14 bits per heavy atom. The maximum atomic E-state index is 11.0. The van der Waals surface area contributed by atoms with Crippen molar-refractivity contribution in [2.24, 2.45) is 7.05 Å². The quantitative estimate of drug-likeness (QED) is 0.799. The summed E-state index contributed by atoms with van der Waals surface area (Å²) in [5, 5.41) is 13.3. The lowest BCUT2D eigenvalue weighted by atomic mass is 9.95. The lowest BCUT2D eigenvalue weighted by molar-refractivity contribution is -0.138. The van der Waals surface area contributed by atoms with Crippen LogP contribution >= 0.6 is 0 Å². The topological polar surface area (TPSA) is 55.1 Å². The summed E-state index contributed by atoms with van der Waals surface area (Å²) >= 11 is 0. The monoisotopic (exact) mass is 196 g/mol. The van der Waals surface area contributed by atoms with E-state index >= 15 is 0 Å². The summed E-state index contributed by atoms with van der Waals surface area (Å²) in [6.07, 6.45) is 0.600. The molecule has 4 nitrogen and oxygen atoms in total. The van der Waals surface area contributed by atoms with Crippen LogP contribution in [0.4, 0.5) is 0 Å². The van der Waals surface area contributed by atoms with Crippen molar-refractivity contribution in [3.8, 4) is 0 Å². The molecule has 0 radical (unpaired) electrons. The van der Waals surface area contributed by atoms with Crippen molar-refractivity contribution in [3.05, 3.63) is 17.0 Å². The highest BCUT2D eigenvalue weighted by Gasteiger charge is 2.24. The van der Waals surface area contributed by atoms with Gasteiger partial charge in [-0.25, -0.2) is 0 Å². The van der Waals surface area contributed by atoms with Crippen LogP contribution in [-0.2, 0) is 11.8 Å². The van der Waals surface area contributed by atoms with E-state index in [1.165, 1.54) is 0 Å². The number of carboxylic acids is 1. The van der Waals surface area contributed by atoms with Crippen LogP contribution < -0.4 is 0 Å². The molecule has 0 amide bonds. The fraction of sp³-hybridized carbons (Fsp3) is 0.600. The van der Waals surface area contributed by atoms with Crippen molar-refractivity contribution in [1.29, 1.82) is 0 Å². The summed E-state index contributed by atoms with van der Waals surface area (Å²) in [4.78, 5) is 11.0. The molecule has 0 aliphatic carbocycles. The van der Waals surface area contributed by atoms with Gasteiger partial charge in [-0.1, -0.05) is 6.92 Å². The number of aryl methyl sites for hydroxylation is 2. The Hall–Kier alpha value is -1.32. The fourth-order valence-corrected chi connectivity index (χ4v) is 1.80. The summed E-state index contributed by atoms with van der Waals surface area (Å²) < 4.78 is 1.73. The molecule has 1 aromatic heterocycles. The van der Waals surface area contributed by atoms with Crippen LogP contribution in [0.25, 0.3) is 0 Å². The Morgan fingerprint density at radius 1 is 1.57 bits per heavy atom. The van der Waals surface area contributed by atoms with Gasteiger partial charge in [0.25, 0.3) is 0 Å². The second-order valence-electron chi connectivity index (χ2n) is 3.51. The standard InChI is InChI=1S/C10H16N2O2/c1-5-8(10(13)14)9-6(2)11-12(4)7(9)3/h8H,5H2,1-4H3,(H,13,14). The molecule has 4 heteroatoms. The van der Waals surface area contributed by atoms with Crippen molar-refractivity contribution < 1.29 is 9.90 Å². The minimum Gasteiger partial charge on any atom is -0.481 e. The molecule has 0 saturated heterocycles. The first-order valence-corrected chi connectivity index (χ1v) is 4.71. The lowest BCUT2D eigenvalue weighted by Gasteiger charge is -2.10. The number of carbonyl (C=O) groups is 1. The number of aromatic nitrogens is 2. The molecule has 0 fully saturated rings. The van der Waals surface area contributed by atoms with E-state index in [1.807, 2.05) is 27.8 Å². The third kappa shape index (κ3) is 1.64. The zero-order chi connectivity index (χ0) is 10.9.